The third-order valence-corrected chi connectivity index (χ3v) is 6.76. The zero-order valence-corrected chi connectivity index (χ0v) is 16.5. The topological polar surface area (TPSA) is 46.8 Å². The summed E-state index contributed by atoms with van der Waals surface area (Å²) in [4.78, 5) is 2.67. The molecule has 0 spiro atoms. The average molecular weight is 374 g/mol. The first-order valence-corrected chi connectivity index (χ1v) is 10.3. The predicted octanol–water partition coefficient (Wildman–Crippen LogP) is 4.52. The summed E-state index contributed by atoms with van der Waals surface area (Å²) in [5.41, 5.74) is 1.98. The van der Waals surface area contributed by atoms with E-state index < -0.39 is 0 Å². The van der Waals surface area contributed by atoms with E-state index in [0.717, 1.165) is 53.9 Å². The molecule has 1 aliphatic heterocycles. The third-order valence-electron chi connectivity index (χ3n) is 6.35. The van der Waals surface area contributed by atoms with Crippen molar-refractivity contribution in [3.8, 4) is 5.69 Å². The minimum Gasteiger partial charge on any atom is -0.291 e. The van der Waals surface area contributed by atoms with Gasteiger partial charge in [0.05, 0.1) is 11.2 Å². The van der Waals surface area contributed by atoms with Crippen LogP contribution in [0.3, 0.4) is 0 Å². The Morgan fingerprint density at radius 1 is 1.12 bits per heavy atom. The first-order chi connectivity index (χ1) is 12.6. The monoisotopic (exact) mass is 373 g/mol. The quantitative estimate of drug-likeness (QED) is 0.793. The normalized spacial score (nSPS) is 27.6. The SMILES string of the molecule is Cc1ccc(-n2nnnc2C2(N3CCCCC3)CCC(C)CC2)cc1Cl. The molecule has 0 unspecified atom stereocenters. The number of tetrazole rings is 1. The number of aromatic nitrogens is 4. The van der Waals surface area contributed by atoms with Crippen LogP contribution in [0.15, 0.2) is 18.2 Å². The second-order valence-corrected chi connectivity index (χ2v) is 8.52. The Kier molecular flexibility index (Phi) is 5.02. The Labute approximate surface area is 160 Å². The van der Waals surface area contributed by atoms with Gasteiger partial charge in [0.25, 0.3) is 0 Å². The Bertz CT molecular complexity index is 757. The van der Waals surface area contributed by atoms with Crippen LogP contribution in [0.25, 0.3) is 5.69 Å². The van der Waals surface area contributed by atoms with Crippen molar-refractivity contribution in [1.29, 1.82) is 0 Å². The van der Waals surface area contributed by atoms with Crippen molar-refractivity contribution in [2.24, 2.45) is 5.92 Å². The van der Waals surface area contributed by atoms with Crippen LogP contribution in [0.1, 0.15) is 63.3 Å². The molecule has 1 saturated heterocycles. The van der Waals surface area contributed by atoms with Crippen molar-refractivity contribution in [2.45, 2.75) is 64.3 Å². The molecule has 2 heterocycles. The number of hydrogen-bond donors (Lipinski definition) is 0. The van der Waals surface area contributed by atoms with E-state index in [-0.39, 0.29) is 5.54 Å². The van der Waals surface area contributed by atoms with Crippen LogP contribution in [0, 0.1) is 12.8 Å². The van der Waals surface area contributed by atoms with Gasteiger partial charge in [0, 0.05) is 5.02 Å². The summed E-state index contributed by atoms with van der Waals surface area (Å²) in [6.45, 7) is 6.68. The van der Waals surface area contributed by atoms with Crippen LogP contribution in [-0.2, 0) is 5.54 Å². The summed E-state index contributed by atoms with van der Waals surface area (Å²) in [6, 6.07) is 6.09. The number of likely N-dealkylation sites (tertiary alicyclic amines) is 1. The van der Waals surface area contributed by atoms with Crippen molar-refractivity contribution in [2.75, 3.05) is 13.1 Å². The van der Waals surface area contributed by atoms with Crippen molar-refractivity contribution in [3.05, 3.63) is 34.6 Å². The third kappa shape index (κ3) is 3.16. The van der Waals surface area contributed by atoms with Crippen LogP contribution >= 0.6 is 11.6 Å². The summed E-state index contributed by atoms with van der Waals surface area (Å²) >= 11 is 6.38. The Morgan fingerprint density at radius 3 is 2.54 bits per heavy atom. The van der Waals surface area contributed by atoms with E-state index in [1.165, 1.54) is 32.1 Å². The maximum Gasteiger partial charge on any atom is 0.176 e. The molecule has 0 radical (unpaired) electrons. The molecule has 5 nitrogen and oxygen atoms in total. The number of rotatable bonds is 3. The molecule has 1 aromatic heterocycles. The fraction of sp³-hybridized carbons (Fsp3) is 0.650. The van der Waals surface area contributed by atoms with Crippen molar-refractivity contribution >= 4 is 11.6 Å². The summed E-state index contributed by atoms with van der Waals surface area (Å²) in [7, 11) is 0. The number of aryl methyl sites for hydroxylation is 1. The number of piperidine rings is 1. The van der Waals surface area contributed by atoms with Crippen molar-refractivity contribution in [1.82, 2.24) is 25.1 Å². The molecule has 0 atom stereocenters. The maximum absolute atomic E-state index is 6.38. The fourth-order valence-electron chi connectivity index (χ4n) is 4.61. The standard InChI is InChI=1S/C20H28ClN5/c1-15-8-10-20(11-9-15,25-12-4-3-5-13-25)19-22-23-24-26(19)17-7-6-16(2)18(21)14-17/h6-7,14-15H,3-5,8-13H2,1-2H3. The van der Waals surface area contributed by atoms with E-state index in [1.807, 2.05) is 23.7 Å². The van der Waals surface area contributed by atoms with Crippen LogP contribution in [0.2, 0.25) is 5.02 Å². The van der Waals surface area contributed by atoms with Gasteiger partial charge in [-0.1, -0.05) is 31.0 Å². The lowest BCUT2D eigenvalue weighted by Gasteiger charge is -2.48. The van der Waals surface area contributed by atoms with Crippen LogP contribution in [0.5, 0.6) is 0 Å². The molecule has 0 N–H and O–H groups in total. The van der Waals surface area contributed by atoms with Gasteiger partial charge in [0.2, 0.25) is 0 Å². The van der Waals surface area contributed by atoms with Crippen molar-refractivity contribution in [3.63, 3.8) is 0 Å². The van der Waals surface area contributed by atoms with Gasteiger partial charge in [-0.15, -0.1) is 5.10 Å². The van der Waals surface area contributed by atoms with Crippen LogP contribution < -0.4 is 0 Å². The van der Waals surface area contributed by atoms with Gasteiger partial charge in [0.15, 0.2) is 5.82 Å². The van der Waals surface area contributed by atoms with E-state index in [4.69, 9.17) is 11.6 Å². The first kappa shape index (κ1) is 17.9. The molecule has 1 aromatic carbocycles. The highest BCUT2D eigenvalue weighted by molar-refractivity contribution is 6.31. The molecule has 0 bridgehead atoms. The highest BCUT2D eigenvalue weighted by Gasteiger charge is 2.45. The van der Waals surface area contributed by atoms with E-state index in [2.05, 4.69) is 33.4 Å². The van der Waals surface area contributed by atoms with E-state index in [9.17, 15) is 0 Å². The van der Waals surface area contributed by atoms with E-state index in [1.54, 1.807) is 0 Å². The lowest BCUT2D eigenvalue weighted by molar-refractivity contribution is 0.0110. The molecule has 26 heavy (non-hydrogen) atoms. The molecule has 1 aliphatic carbocycles. The minimum atomic E-state index is -0.0478. The maximum atomic E-state index is 6.38. The van der Waals surface area contributed by atoms with E-state index >= 15 is 0 Å². The minimum absolute atomic E-state index is 0.0478. The summed E-state index contributed by atoms with van der Waals surface area (Å²) in [6.07, 6.45) is 8.62. The Hall–Kier alpha value is -1.46. The lowest BCUT2D eigenvalue weighted by Crippen LogP contribution is -2.52. The van der Waals surface area contributed by atoms with Crippen molar-refractivity contribution < 1.29 is 0 Å². The molecule has 4 rings (SSSR count). The number of hydrogen-bond acceptors (Lipinski definition) is 4. The molecular weight excluding hydrogens is 346 g/mol. The largest absolute Gasteiger partial charge is 0.291 e. The zero-order valence-electron chi connectivity index (χ0n) is 15.8. The lowest BCUT2D eigenvalue weighted by atomic mass is 9.74. The molecule has 140 valence electrons. The highest BCUT2D eigenvalue weighted by Crippen LogP contribution is 2.44. The summed E-state index contributed by atoms with van der Waals surface area (Å²) in [5, 5.41) is 13.8. The molecular formula is C20H28ClN5. The molecule has 2 aliphatic rings. The van der Waals surface area contributed by atoms with Gasteiger partial charge in [-0.05, 0) is 92.6 Å². The molecule has 1 saturated carbocycles. The van der Waals surface area contributed by atoms with Gasteiger partial charge >= 0.3 is 0 Å². The predicted molar refractivity (Wildman–Crippen MR) is 104 cm³/mol. The van der Waals surface area contributed by atoms with Crippen LogP contribution in [-0.4, -0.2) is 38.2 Å². The Balaban J connectivity index is 1.77. The molecule has 2 fully saturated rings. The Morgan fingerprint density at radius 2 is 1.85 bits per heavy atom. The van der Waals surface area contributed by atoms with Gasteiger partial charge < -0.3 is 0 Å². The summed E-state index contributed by atoms with van der Waals surface area (Å²) in [5.74, 6) is 1.78. The highest BCUT2D eigenvalue weighted by atomic mass is 35.5. The number of benzene rings is 1. The molecule has 2 aromatic rings. The zero-order chi connectivity index (χ0) is 18.1. The molecule has 0 amide bonds. The van der Waals surface area contributed by atoms with Gasteiger partial charge in [0.1, 0.15) is 0 Å². The average Bonchev–Trinajstić information content (AvgIpc) is 3.16. The van der Waals surface area contributed by atoms with Gasteiger partial charge in [-0.25, -0.2) is 0 Å². The molecule has 6 heteroatoms. The van der Waals surface area contributed by atoms with Gasteiger partial charge in [-0.3, -0.25) is 4.90 Å². The number of halogens is 1. The summed E-state index contributed by atoms with van der Waals surface area (Å²) < 4.78 is 1.93. The second kappa shape index (κ2) is 7.28. The smallest absolute Gasteiger partial charge is 0.176 e. The van der Waals surface area contributed by atoms with Crippen LogP contribution in [0.4, 0.5) is 0 Å². The number of nitrogens with zero attached hydrogens (tertiary/aromatic N) is 5. The van der Waals surface area contributed by atoms with Gasteiger partial charge in [-0.2, -0.15) is 4.68 Å². The first-order valence-electron chi connectivity index (χ1n) is 9.90. The second-order valence-electron chi connectivity index (χ2n) is 8.11. The fourth-order valence-corrected chi connectivity index (χ4v) is 4.78. The van der Waals surface area contributed by atoms with E-state index in [0.29, 0.717) is 0 Å².